The first-order chi connectivity index (χ1) is 9.17. The quantitative estimate of drug-likeness (QED) is 0.456. The van der Waals surface area contributed by atoms with E-state index < -0.39 is 0 Å². The van der Waals surface area contributed by atoms with Crippen molar-refractivity contribution in [2.75, 3.05) is 39.2 Å². The van der Waals surface area contributed by atoms with Crippen LogP contribution in [-0.2, 0) is 11.2 Å². The molecule has 5 nitrogen and oxygen atoms in total. The van der Waals surface area contributed by atoms with Crippen LogP contribution in [0.4, 0.5) is 5.69 Å². The van der Waals surface area contributed by atoms with E-state index in [1.165, 1.54) is 5.56 Å². The number of hydrogen-bond acceptors (Lipinski definition) is 5. The zero-order valence-electron chi connectivity index (χ0n) is 11.7. The molecule has 0 bridgehead atoms. The zero-order valence-corrected chi connectivity index (χ0v) is 11.7. The van der Waals surface area contributed by atoms with Crippen molar-refractivity contribution in [3.63, 3.8) is 0 Å². The minimum atomic E-state index is 0.0701. The lowest BCUT2D eigenvalue weighted by molar-refractivity contribution is 0.0928. The van der Waals surface area contributed by atoms with Crippen molar-refractivity contribution in [2.45, 2.75) is 19.4 Å². The highest BCUT2D eigenvalue weighted by atomic mass is 16.5. The van der Waals surface area contributed by atoms with Gasteiger partial charge in [-0.3, -0.25) is 0 Å². The largest absolute Gasteiger partial charge is 0.495 e. The Kier molecular flexibility index (Phi) is 7.25. The van der Waals surface area contributed by atoms with Crippen LogP contribution in [-0.4, -0.2) is 44.6 Å². The van der Waals surface area contributed by atoms with Crippen molar-refractivity contribution in [1.29, 1.82) is 0 Å². The number of rotatable bonds is 9. The molecule has 108 valence electrons. The molecule has 0 amide bonds. The van der Waals surface area contributed by atoms with Gasteiger partial charge in [0, 0.05) is 12.6 Å². The van der Waals surface area contributed by atoms with E-state index in [0.717, 1.165) is 13.0 Å². The Morgan fingerprint density at radius 2 is 2.16 bits per heavy atom. The number of hydrogen-bond donors (Lipinski definition) is 3. The summed E-state index contributed by atoms with van der Waals surface area (Å²) < 4.78 is 10.3. The van der Waals surface area contributed by atoms with Crippen molar-refractivity contribution in [3.8, 4) is 5.75 Å². The summed E-state index contributed by atoms with van der Waals surface area (Å²) in [5, 5.41) is 11.9. The van der Waals surface area contributed by atoms with Crippen molar-refractivity contribution < 1.29 is 14.6 Å². The predicted molar refractivity (Wildman–Crippen MR) is 76.5 cm³/mol. The summed E-state index contributed by atoms with van der Waals surface area (Å²) in [7, 11) is 1.61. The first-order valence-electron chi connectivity index (χ1n) is 6.51. The molecule has 4 N–H and O–H groups in total. The van der Waals surface area contributed by atoms with Gasteiger partial charge in [0.25, 0.3) is 0 Å². The maximum absolute atomic E-state index is 8.57. The van der Waals surface area contributed by atoms with E-state index in [4.69, 9.17) is 20.3 Å². The zero-order chi connectivity index (χ0) is 14.1. The number of anilines is 1. The summed E-state index contributed by atoms with van der Waals surface area (Å²) in [6, 6.07) is 6.20. The van der Waals surface area contributed by atoms with E-state index in [-0.39, 0.29) is 6.61 Å². The SMILES string of the molecule is COc1ccc(CC(C)NCCOCCO)cc1N. The second-order valence-electron chi connectivity index (χ2n) is 4.47. The van der Waals surface area contributed by atoms with Gasteiger partial charge in [-0.25, -0.2) is 0 Å². The molecule has 0 aliphatic heterocycles. The molecule has 0 aliphatic carbocycles. The van der Waals surface area contributed by atoms with Gasteiger partial charge in [0.2, 0.25) is 0 Å². The second kappa shape index (κ2) is 8.74. The molecule has 0 radical (unpaired) electrons. The number of aliphatic hydroxyl groups excluding tert-OH is 1. The van der Waals surface area contributed by atoms with E-state index in [1.54, 1.807) is 7.11 Å². The van der Waals surface area contributed by atoms with Crippen LogP contribution < -0.4 is 15.8 Å². The molecule has 0 aromatic heterocycles. The normalized spacial score (nSPS) is 12.4. The Balaban J connectivity index is 2.31. The van der Waals surface area contributed by atoms with Crippen molar-refractivity contribution in [3.05, 3.63) is 23.8 Å². The first kappa shape index (κ1) is 15.8. The fraction of sp³-hybridized carbons (Fsp3) is 0.571. The van der Waals surface area contributed by atoms with E-state index in [2.05, 4.69) is 12.2 Å². The van der Waals surface area contributed by atoms with Gasteiger partial charge in [-0.2, -0.15) is 0 Å². The lowest BCUT2D eigenvalue weighted by atomic mass is 10.1. The summed E-state index contributed by atoms with van der Waals surface area (Å²) in [6.45, 7) is 3.96. The summed E-state index contributed by atoms with van der Waals surface area (Å²) in [4.78, 5) is 0. The molecule has 0 fully saturated rings. The van der Waals surface area contributed by atoms with Crippen LogP contribution in [0.3, 0.4) is 0 Å². The number of ether oxygens (including phenoxy) is 2. The monoisotopic (exact) mass is 268 g/mol. The van der Waals surface area contributed by atoms with Crippen molar-refractivity contribution in [2.24, 2.45) is 0 Å². The van der Waals surface area contributed by atoms with E-state index >= 15 is 0 Å². The van der Waals surface area contributed by atoms with E-state index in [0.29, 0.717) is 30.7 Å². The molecule has 1 unspecified atom stereocenters. The first-order valence-corrected chi connectivity index (χ1v) is 6.51. The molecule has 1 aromatic carbocycles. The third-order valence-corrected chi connectivity index (χ3v) is 2.81. The van der Waals surface area contributed by atoms with Crippen LogP contribution in [0.25, 0.3) is 0 Å². The molecule has 19 heavy (non-hydrogen) atoms. The fourth-order valence-electron chi connectivity index (χ4n) is 1.88. The van der Waals surface area contributed by atoms with Crippen LogP contribution in [0.2, 0.25) is 0 Å². The Hall–Kier alpha value is -1.30. The van der Waals surface area contributed by atoms with Gasteiger partial charge in [-0.05, 0) is 31.0 Å². The van der Waals surface area contributed by atoms with Crippen molar-refractivity contribution in [1.82, 2.24) is 5.32 Å². The van der Waals surface area contributed by atoms with Crippen molar-refractivity contribution >= 4 is 5.69 Å². The van der Waals surface area contributed by atoms with Gasteiger partial charge in [0.05, 0.1) is 32.6 Å². The summed E-state index contributed by atoms with van der Waals surface area (Å²) in [5.41, 5.74) is 7.71. The third-order valence-electron chi connectivity index (χ3n) is 2.81. The van der Waals surface area contributed by atoms with Gasteiger partial charge in [-0.1, -0.05) is 6.07 Å². The maximum atomic E-state index is 8.57. The fourth-order valence-corrected chi connectivity index (χ4v) is 1.88. The topological polar surface area (TPSA) is 76.7 Å². The smallest absolute Gasteiger partial charge is 0.141 e. The highest BCUT2D eigenvalue weighted by molar-refractivity contribution is 5.54. The lowest BCUT2D eigenvalue weighted by Gasteiger charge is -2.15. The maximum Gasteiger partial charge on any atom is 0.141 e. The Morgan fingerprint density at radius 3 is 2.79 bits per heavy atom. The number of nitrogens with two attached hydrogens (primary N) is 1. The van der Waals surface area contributed by atoms with Crippen LogP contribution in [0.1, 0.15) is 12.5 Å². The molecule has 0 heterocycles. The summed E-state index contributed by atoms with van der Waals surface area (Å²) in [5.74, 6) is 0.710. The molecular formula is C14H24N2O3. The average molecular weight is 268 g/mol. The van der Waals surface area contributed by atoms with Gasteiger partial charge >= 0.3 is 0 Å². The second-order valence-corrected chi connectivity index (χ2v) is 4.47. The van der Waals surface area contributed by atoms with Gasteiger partial charge < -0.3 is 25.6 Å². The Bertz CT molecular complexity index is 372. The average Bonchev–Trinajstić information content (AvgIpc) is 2.39. The number of methoxy groups -OCH3 is 1. The lowest BCUT2D eigenvalue weighted by Crippen LogP contribution is -2.31. The van der Waals surface area contributed by atoms with Crippen LogP contribution >= 0.6 is 0 Å². The highest BCUT2D eigenvalue weighted by Gasteiger charge is 2.05. The van der Waals surface area contributed by atoms with Crippen LogP contribution in [0, 0.1) is 0 Å². The minimum Gasteiger partial charge on any atom is -0.495 e. The molecular weight excluding hydrogens is 244 g/mol. The number of benzene rings is 1. The van der Waals surface area contributed by atoms with E-state index in [1.807, 2.05) is 18.2 Å². The molecule has 1 aromatic rings. The molecule has 5 heteroatoms. The number of aliphatic hydroxyl groups is 1. The third kappa shape index (κ3) is 5.92. The summed E-state index contributed by atoms with van der Waals surface area (Å²) >= 11 is 0. The molecule has 0 aliphatic rings. The van der Waals surface area contributed by atoms with Gasteiger partial charge in [-0.15, -0.1) is 0 Å². The minimum absolute atomic E-state index is 0.0701. The number of nitrogens with one attached hydrogen (secondary N) is 1. The Labute approximate surface area is 114 Å². The molecule has 0 spiro atoms. The summed E-state index contributed by atoms with van der Waals surface area (Å²) in [6.07, 6.45) is 0.897. The van der Waals surface area contributed by atoms with Crippen LogP contribution in [0.15, 0.2) is 18.2 Å². The van der Waals surface area contributed by atoms with E-state index in [9.17, 15) is 0 Å². The van der Waals surface area contributed by atoms with Gasteiger partial charge in [0.1, 0.15) is 5.75 Å². The standard InChI is InChI=1S/C14H24N2O3/c1-11(16-5-7-19-8-6-17)9-12-3-4-14(18-2)13(15)10-12/h3-4,10-11,16-17H,5-9,15H2,1-2H3. The molecule has 1 rings (SSSR count). The highest BCUT2D eigenvalue weighted by Crippen LogP contribution is 2.22. The van der Waals surface area contributed by atoms with Gasteiger partial charge in [0.15, 0.2) is 0 Å². The number of nitrogen functional groups attached to an aromatic ring is 1. The Morgan fingerprint density at radius 1 is 1.37 bits per heavy atom. The molecule has 1 atom stereocenters. The van der Waals surface area contributed by atoms with Crippen LogP contribution in [0.5, 0.6) is 5.75 Å². The molecule has 0 saturated carbocycles. The molecule has 0 saturated heterocycles. The predicted octanol–water partition coefficient (Wildman–Crippen LogP) is 0.807.